The van der Waals surface area contributed by atoms with Gasteiger partial charge in [0.25, 0.3) is 0 Å². The lowest BCUT2D eigenvalue weighted by molar-refractivity contribution is 0.500. The number of hydrogen-bond acceptors (Lipinski definition) is 1. The molecule has 1 rings (SSSR count). The molecule has 0 aliphatic carbocycles. The van der Waals surface area contributed by atoms with Crippen molar-refractivity contribution in [2.45, 2.75) is 32.2 Å². The maximum Gasteiger partial charge on any atom is 0.141 e. The first-order chi connectivity index (χ1) is 8.19. The molecular weight excluding hydrogens is 237 g/mol. The average Bonchev–Trinajstić information content (AvgIpc) is 2.32. The number of unbranched alkanes of at least 4 members (excludes halogenated alkanes) is 1. The summed E-state index contributed by atoms with van der Waals surface area (Å²) in [6.07, 6.45) is 7.87. The summed E-state index contributed by atoms with van der Waals surface area (Å²) in [7, 11) is 0. The molecule has 0 heterocycles. The Kier molecular flexibility index (Phi) is 6.04. The molecule has 0 saturated heterocycles. The summed E-state index contributed by atoms with van der Waals surface area (Å²) in [5.41, 5.74) is 1.01. The van der Waals surface area contributed by atoms with Gasteiger partial charge in [0.2, 0.25) is 0 Å². The largest absolute Gasteiger partial charge is 0.310 e. The first kappa shape index (κ1) is 14.0. The van der Waals surface area contributed by atoms with E-state index in [0.29, 0.717) is 0 Å². The minimum atomic E-state index is -0.380. The molecule has 0 amide bonds. The fraction of sp³-hybridized carbons (Fsp3) is 0.429. The van der Waals surface area contributed by atoms with E-state index in [1.54, 1.807) is 12.1 Å². The molecule has 0 aliphatic heterocycles. The maximum atomic E-state index is 13.1. The van der Waals surface area contributed by atoms with Crippen LogP contribution in [0.4, 0.5) is 4.39 Å². The van der Waals surface area contributed by atoms with Crippen molar-refractivity contribution in [2.75, 3.05) is 6.54 Å². The van der Waals surface area contributed by atoms with Gasteiger partial charge in [0, 0.05) is 12.5 Å². The molecule has 0 spiro atoms. The molecular formula is C14H17ClFN. The van der Waals surface area contributed by atoms with Crippen LogP contribution in [0.15, 0.2) is 18.2 Å². The third-order valence-electron chi connectivity index (χ3n) is 2.61. The molecule has 0 saturated carbocycles. The highest BCUT2D eigenvalue weighted by Crippen LogP contribution is 2.24. The fourth-order valence-electron chi connectivity index (χ4n) is 1.77. The van der Waals surface area contributed by atoms with E-state index in [1.165, 1.54) is 6.07 Å². The molecule has 3 heteroatoms. The van der Waals surface area contributed by atoms with Gasteiger partial charge in [-0.05, 0) is 37.1 Å². The molecule has 17 heavy (non-hydrogen) atoms. The van der Waals surface area contributed by atoms with Gasteiger partial charge in [-0.3, -0.25) is 0 Å². The van der Waals surface area contributed by atoms with Gasteiger partial charge in [0.1, 0.15) is 5.82 Å². The van der Waals surface area contributed by atoms with E-state index in [2.05, 4.69) is 11.2 Å². The van der Waals surface area contributed by atoms with Gasteiger partial charge in [0.05, 0.1) is 5.02 Å². The third kappa shape index (κ3) is 4.38. The predicted octanol–water partition coefficient (Wildman–Crippen LogP) is 3.93. The van der Waals surface area contributed by atoms with Gasteiger partial charge in [0.15, 0.2) is 0 Å². The normalized spacial score (nSPS) is 12.1. The smallest absolute Gasteiger partial charge is 0.141 e. The van der Waals surface area contributed by atoms with Crippen molar-refractivity contribution < 1.29 is 4.39 Å². The van der Waals surface area contributed by atoms with Crippen LogP contribution in [-0.2, 0) is 0 Å². The summed E-state index contributed by atoms with van der Waals surface area (Å²) >= 11 is 5.78. The number of halogens is 2. The summed E-state index contributed by atoms with van der Waals surface area (Å²) in [6, 6.07) is 5.04. The first-order valence-electron chi connectivity index (χ1n) is 5.80. The van der Waals surface area contributed by atoms with Crippen LogP contribution >= 0.6 is 11.6 Å². The van der Waals surface area contributed by atoms with Gasteiger partial charge in [-0.25, -0.2) is 4.39 Å². The maximum absolute atomic E-state index is 13.1. The van der Waals surface area contributed by atoms with Gasteiger partial charge in [-0.2, -0.15) is 0 Å². The highest BCUT2D eigenvalue weighted by Gasteiger charge is 2.11. The van der Waals surface area contributed by atoms with Crippen molar-refractivity contribution in [3.05, 3.63) is 34.6 Å². The van der Waals surface area contributed by atoms with Gasteiger partial charge >= 0.3 is 0 Å². The van der Waals surface area contributed by atoms with Crippen LogP contribution in [0.1, 0.15) is 37.8 Å². The van der Waals surface area contributed by atoms with E-state index in [9.17, 15) is 4.39 Å². The molecule has 1 N–H and O–H groups in total. The number of terminal acetylenes is 1. The second kappa shape index (κ2) is 7.32. The molecule has 1 unspecified atom stereocenters. The first-order valence-corrected chi connectivity index (χ1v) is 6.18. The molecule has 0 aliphatic rings. The quantitative estimate of drug-likeness (QED) is 0.598. The Balaban J connectivity index is 2.74. The van der Waals surface area contributed by atoms with Gasteiger partial charge < -0.3 is 5.32 Å². The molecule has 1 atom stereocenters. The second-order valence-electron chi connectivity index (χ2n) is 3.88. The molecule has 1 nitrogen and oxygen atoms in total. The van der Waals surface area contributed by atoms with Gasteiger partial charge in [-0.1, -0.05) is 24.6 Å². The van der Waals surface area contributed by atoms with Crippen molar-refractivity contribution >= 4 is 11.6 Å². The van der Waals surface area contributed by atoms with Crippen LogP contribution in [0.5, 0.6) is 0 Å². The summed E-state index contributed by atoms with van der Waals surface area (Å²) in [4.78, 5) is 0. The Morgan fingerprint density at radius 2 is 2.29 bits per heavy atom. The van der Waals surface area contributed by atoms with E-state index in [1.807, 2.05) is 6.92 Å². The summed E-state index contributed by atoms with van der Waals surface area (Å²) in [5, 5.41) is 3.52. The lowest BCUT2D eigenvalue weighted by atomic mass is 10.0. The Labute approximate surface area is 107 Å². The zero-order valence-corrected chi connectivity index (χ0v) is 10.7. The molecule has 0 radical (unpaired) electrons. The van der Waals surface area contributed by atoms with E-state index < -0.39 is 0 Å². The Hall–Kier alpha value is -1.04. The van der Waals surface area contributed by atoms with Crippen LogP contribution in [0.3, 0.4) is 0 Å². The van der Waals surface area contributed by atoms with Crippen molar-refractivity contribution in [1.29, 1.82) is 0 Å². The van der Waals surface area contributed by atoms with Crippen LogP contribution in [-0.4, -0.2) is 6.54 Å². The third-order valence-corrected chi connectivity index (χ3v) is 2.90. The summed E-state index contributed by atoms with van der Waals surface area (Å²) < 4.78 is 13.1. The average molecular weight is 254 g/mol. The monoisotopic (exact) mass is 253 g/mol. The van der Waals surface area contributed by atoms with Gasteiger partial charge in [-0.15, -0.1) is 12.3 Å². The van der Waals surface area contributed by atoms with E-state index in [-0.39, 0.29) is 16.9 Å². The summed E-state index contributed by atoms with van der Waals surface area (Å²) in [5.74, 6) is 2.24. The lowest BCUT2D eigenvalue weighted by Crippen LogP contribution is -2.20. The predicted molar refractivity (Wildman–Crippen MR) is 70.5 cm³/mol. The van der Waals surface area contributed by atoms with Crippen LogP contribution < -0.4 is 5.32 Å². The highest BCUT2D eigenvalue weighted by atomic mass is 35.5. The number of rotatable bonds is 6. The second-order valence-corrected chi connectivity index (χ2v) is 4.29. The molecule has 0 aromatic heterocycles. The topological polar surface area (TPSA) is 12.0 Å². The van der Waals surface area contributed by atoms with Crippen LogP contribution in [0.25, 0.3) is 0 Å². The Bertz CT molecular complexity index is 398. The van der Waals surface area contributed by atoms with Crippen LogP contribution in [0.2, 0.25) is 5.02 Å². The van der Waals surface area contributed by atoms with E-state index in [4.69, 9.17) is 18.0 Å². The Morgan fingerprint density at radius 3 is 2.88 bits per heavy atom. The zero-order valence-electron chi connectivity index (χ0n) is 9.97. The zero-order chi connectivity index (χ0) is 12.7. The van der Waals surface area contributed by atoms with Crippen molar-refractivity contribution in [2.24, 2.45) is 0 Å². The lowest BCUT2D eigenvalue weighted by Gasteiger charge is -2.18. The van der Waals surface area contributed by atoms with E-state index in [0.717, 1.165) is 31.4 Å². The highest BCUT2D eigenvalue weighted by molar-refractivity contribution is 6.30. The van der Waals surface area contributed by atoms with Crippen molar-refractivity contribution in [1.82, 2.24) is 5.32 Å². The molecule has 1 aromatic rings. The van der Waals surface area contributed by atoms with Crippen LogP contribution in [0, 0.1) is 18.2 Å². The number of benzene rings is 1. The summed E-state index contributed by atoms with van der Waals surface area (Å²) in [6.45, 7) is 2.90. The minimum Gasteiger partial charge on any atom is -0.310 e. The van der Waals surface area contributed by atoms with Crippen molar-refractivity contribution in [3.63, 3.8) is 0 Å². The molecule has 0 bridgehead atoms. The standard InChI is InChI=1S/C14H17ClFN/c1-3-5-6-7-14(17-4-2)11-8-9-13(16)12(15)10-11/h1,8-10,14,17H,4-7H2,2H3. The van der Waals surface area contributed by atoms with Crippen molar-refractivity contribution in [3.8, 4) is 12.3 Å². The molecule has 0 fully saturated rings. The minimum absolute atomic E-state index is 0.169. The molecule has 1 aromatic carbocycles. The SMILES string of the molecule is C#CCCCC(NCC)c1ccc(F)c(Cl)c1. The fourth-order valence-corrected chi connectivity index (χ4v) is 1.96. The number of hydrogen-bond donors (Lipinski definition) is 1. The van der Waals surface area contributed by atoms with E-state index >= 15 is 0 Å². The number of nitrogens with one attached hydrogen (secondary N) is 1. The Morgan fingerprint density at radius 1 is 1.53 bits per heavy atom. The molecule has 92 valence electrons.